The Bertz CT molecular complexity index is 1020. The van der Waals surface area contributed by atoms with Crippen LogP contribution in [0.1, 0.15) is 10.6 Å². The summed E-state index contributed by atoms with van der Waals surface area (Å²) in [7, 11) is 0. The summed E-state index contributed by atoms with van der Waals surface area (Å²) in [6.45, 7) is -0.533. The van der Waals surface area contributed by atoms with Gasteiger partial charge in [-0.25, -0.2) is 13.2 Å². The highest BCUT2D eigenvalue weighted by Crippen LogP contribution is 2.23. The molecule has 0 spiro atoms. The van der Waals surface area contributed by atoms with Crippen LogP contribution in [0.4, 0.5) is 18.9 Å². The minimum Gasteiger partial charge on any atom is -0.451 e. The molecule has 0 aliphatic carbocycles. The van der Waals surface area contributed by atoms with Crippen molar-refractivity contribution < 1.29 is 27.2 Å². The molecule has 1 aromatic heterocycles. The summed E-state index contributed by atoms with van der Waals surface area (Å²) >= 11 is 5.84. The number of nitrogens with one attached hydrogen (secondary N) is 2. The number of halogens is 4. The monoisotopic (exact) mass is 382 g/mol. The van der Waals surface area contributed by atoms with E-state index >= 15 is 0 Å². The molecule has 5 nitrogen and oxygen atoms in total. The summed E-state index contributed by atoms with van der Waals surface area (Å²) in [5.74, 6) is -6.17. The number of rotatable bonds is 4. The van der Waals surface area contributed by atoms with Crippen LogP contribution in [0.5, 0.6) is 0 Å². The summed E-state index contributed by atoms with van der Waals surface area (Å²) in [5.41, 5.74) is -0.102. The highest BCUT2D eigenvalue weighted by molar-refractivity contribution is 6.31. The van der Waals surface area contributed by atoms with Gasteiger partial charge in [-0.15, -0.1) is 0 Å². The molecule has 3 rings (SSSR count). The number of hydrogen-bond acceptors (Lipinski definition) is 3. The Labute approximate surface area is 149 Å². The van der Waals surface area contributed by atoms with Crippen molar-refractivity contribution in [1.29, 1.82) is 0 Å². The number of furan rings is 1. The van der Waals surface area contributed by atoms with Crippen molar-refractivity contribution >= 4 is 40.1 Å². The Kier molecular flexibility index (Phi) is 4.85. The van der Waals surface area contributed by atoms with Gasteiger partial charge in [-0.3, -0.25) is 9.59 Å². The quantitative estimate of drug-likeness (QED) is 0.673. The van der Waals surface area contributed by atoms with Gasteiger partial charge >= 0.3 is 0 Å². The van der Waals surface area contributed by atoms with Crippen LogP contribution in [0.3, 0.4) is 0 Å². The first-order valence-corrected chi connectivity index (χ1v) is 7.63. The van der Waals surface area contributed by atoms with Crippen LogP contribution < -0.4 is 10.6 Å². The lowest BCUT2D eigenvalue weighted by Gasteiger charge is -2.07. The van der Waals surface area contributed by atoms with Crippen LogP contribution in [0.2, 0.25) is 5.02 Å². The molecular formula is C17H10ClF3N2O3. The predicted molar refractivity (Wildman–Crippen MR) is 88.5 cm³/mol. The molecule has 0 aliphatic rings. The van der Waals surface area contributed by atoms with E-state index in [4.69, 9.17) is 16.0 Å². The highest BCUT2D eigenvalue weighted by atomic mass is 35.5. The average molecular weight is 383 g/mol. The van der Waals surface area contributed by atoms with E-state index in [1.165, 1.54) is 6.07 Å². The van der Waals surface area contributed by atoms with Crippen LogP contribution in [0.15, 0.2) is 40.8 Å². The zero-order valence-electron chi connectivity index (χ0n) is 12.9. The lowest BCUT2D eigenvalue weighted by molar-refractivity contribution is -0.115. The molecule has 2 aromatic carbocycles. The van der Waals surface area contributed by atoms with Crippen LogP contribution in [0.25, 0.3) is 11.0 Å². The SMILES string of the molecule is O=C(CNC(=O)c1cc2cc(Cl)ccc2o1)Nc1ccc(F)c(F)c1F. The molecule has 0 saturated carbocycles. The van der Waals surface area contributed by atoms with Crippen molar-refractivity contribution in [3.05, 3.63) is 64.6 Å². The van der Waals surface area contributed by atoms with Crippen molar-refractivity contribution in [2.75, 3.05) is 11.9 Å². The summed E-state index contributed by atoms with van der Waals surface area (Å²) in [6.07, 6.45) is 0. The van der Waals surface area contributed by atoms with Crippen molar-refractivity contribution in [2.24, 2.45) is 0 Å². The van der Waals surface area contributed by atoms with Gasteiger partial charge in [0, 0.05) is 10.4 Å². The fourth-order valence-electron chi connectivity index (χ4n) is 2.19. The van der Waals surface area contributed by atoms with E-state index in [9.17, 15) is 22.8 Å². The molecule has 0 unspecified atom stereocenters. The third-order valence-electron chi connectivity index (χ3n) is 3.42. The normalized spacial score (nSPS) is 10.8. The van der Waals surface area contributed by atoms with Gasteiger partial charge in [0.25, 0.3) is 5.91 Å². The summed E-state index contributed by atoms with van der Waals surface area (Å²) in [4.78, 5) is 23.8. The summed E-state index contributed by atoms with van der Waals surface area (Å²) < 4.78 is 44.8. The number of carbonyl (C=O) groups is 2. The molecule has 9 heteroatoms. The third kappa shape index (κ3) is 3.65. The molecule has 0 fully saturated rings. The van der Waals surface area contributed by atoms with E-state index in [-0.39, 0.29) is 5.76 Å². The van der Waals surface area contributed by atoms with Crippen LogP contribution in [0, 0.1) is 17.5 Å². The number of benzene rings is 2. The van der Waals surface area contributed by atoms with E-state index in [1.807, 2.05) is 5.32 Å². The fourth-order valence-corrected chi connectivity index (χ4v) is 2.37. The summed E-state index contributed by atoms with van der Waals surface area (Å²) in [5, 5.41) is 5.39. The molecule has 1 heterocycles. The van der Waals surface area contributed by atoms with Crippen LogP contribution >= 0.6 is 11.6 Å². The fraction of sp³-hybridized carbons (Fsp3) is 0.0588. The average Bonchev–Trinajstić information content (AvgIpc) is 3.03. The molecule has 2 N–H and O–H groups in total. The van der Waals surface area contributed by atoms with Gasteiger partial charge < -0.3 is 15.1 Å². The zero-order valence-corrected chi connectivity index (χ0v) is 13.7. The minimum absolute atomic E-state index is 0.0472. The molecule has 134 valence electrons. The standard InChI is InChI=1S/C17H10ClF3N2O3/c18-9-1-4-12-8(5-9)6-13(26-12)17(25)22-7-14(24)23-11-3-2-10(19)15(20)16(11)21/h1-6H,7H2,(H,22,25)(H,23,24). The molecule has 0 aliphatic heterocycles. The molecule has 2 amide bonds. The molecule has 3 aromatic rings. The lowest BCUT2D eigenvalue weighted by atomic mass is 10.2. The number of carbonyl (C=O) groups excluding carboxylic acids is 2. The Morgan fingerprint density at radius 1 is 1.04 bits per heavy atom. The maximum absolute atomic E-state index is 13.5. The number of anilines is 1. The van der Waals surface area contributed by atoms with Gasteiger partial charge in [-0.1, -0.05) is 11.6 Å². The topological polar surface area (TPSA) is 71.3 Å². The van der Waals surface area contributed by atoms with Gasteiger partial charge in [-0.05, 0) is 36.4 Å². The highest BCUT2D eigenvalue weighted by Gasteiger charge is 2.17. The molecule has 0 saturated heterocycles. The first-order chi connectivity index (χ1) is 12.3. The number of amides is 2. The van der Waals surface area contributed by atoms with Gasteiger partial charge in [0.05, 0.1) is 12.2 Å². The second kappa shape index (κ2) is 7.09. The maximum atomic E-state index is 13.5. The van der Waals surface area contributed by atoms with E-state index in [1.54, 1.807) is 18.2 Å². The molecular weight excluding hydrogens is 373 g/mol. The van der Waals surface area contributed by atoms with E-state index < -0.39 is 41.5 Å². The van der Waals surface area contributed by atoms with Crippen molar-refractivity contribution in [3.8, 4) is 0 Å². The van der Waals surface area contributed by atoms with Gasteiger partial charge in [0.15, 0.2) is 23.2 Å². The van der Waals surface area contributed by atoms with E-state index in [0.29, 0.717) is 22.1 Å². The third-order valence-corrected chi connectivity index (χ3v) is 3.66. The zero-order chi connectivity index (χ0) is 18.8. The molecule has 0 atom stereocenters. The number of fused-ring (bicyclic) bond motifs is 1. The predicted octanol–water partition coefficient (Wildman–Crippen LogP) is 3.87. The van der Waals surface area contributed by atoms with Crippen molar-refractivity contribution in [1.82, 2.24) is 5.32 Å². The van der Waals surface area contributed by atoms with Gasteiger partial charge in [-0.2, -0.15) is 0 Å². The van der Waals surface area contributed by atoms with Crippen molar-refractivity contribution in [3.63, 3.8) is 0 Å². The maximum Gasteiger partial charge on any atom is 0.287 e. The second-order valence-corrected chi connectivity index (χ2v) is 5.68. The minimum atomic E-state index is -1.70. The van der Waals surface area contributed by atoms with E-state index in [0.717, 1.165) is 6.07 Å². The smallest absolute Gasteiger partial charge is 0.287 e. The van der Waals surface area contributed by atoms with Crippen LogP contribution in [-0.4, -0.2) is 18.4 Å². The molecule has 0 bridgehead atoms. The molecule has 0 radical (unpaired) electrons. The first-order valence-electron chi connectivity index (χ1n) is 7.26. The Hall–Kier alpha value is -3.00. The Morgan fingerprint density at radius 2 is 1.81 bits per heavy atom. The first kappa shape index (κ1) is 17.8. The summed E-state index contributed by atoms with van der Waals surface area (Å²) in [6, 6.07) is 7.79. The Balaban J connectivity index is 1.63. The van der Waals surface area contributed by atoms with E-state index in [2.05, 4.69) is 5.32 Å². The van der Waals surface area contributed by atoms with Gasteiger partial charge in [0.2, 0.25) is 5.91 Å². The van der Waals surface area contributed by atoms with Crippen LogP contribution in [-0.2, 0) is 4.79 Å². The van der Waals surface area contributed by atoms with Crippen molar-refractivity contribution in [2.45, 2.75) is 0 Å². The molecule has 26 heavy (non-hydrogen) atoms. The second-order valence-electron chi connectivity index (χ2n) is 5.25. The Morgan fingerprint density at radius 3 is 2.58 bits per heavy atom. The van der Waals surface area contributed by atoms with Gasteiger partial charge in [0.1, 0.15) is 5.58 Å². The number of hydrogen-bond donors (Lipinski definition) is 2. The lowest BCUT2D eigenvalue weighted by Crippen LogP contribution is -2.32. The largest absolute Gasteiger partial charge is 0.451 e.